The number of nitrogens with zero attached hydrogens (tertiary/aromatic N) is 3. The van der Waals surface area contributed by atoms with Gasteiger partial charge in [-0.25, -0.2) is 0 Å². The highest BCUT2D eigenvalue weighted by Crippen LogP contribution is 2.36. The number of amides is 1. The zero-order chi connectivity index (χ0) is 19.0. The molecule has 3 aromatic rings. The third kappa shape index (κ3) is 2.80. The third-order valence-corrected chi connectivity index (χ3v) is 4.08. The predicted molar refractivity (Wildman–Crippen MR) is 94.1 cm³/mol. The van der Waals surface area contributed by atoms with Crippen LogP contribution in [0.5, 0.6) is 11.5 Å². The number of para-hydroxylation sites is 1. The molecule has 0 unspecified atom stereocenters. The lowest BCUT2D eigenvalue weighted by Gasteiger charge is -2.07. The predicted octanol–water partition coefficient (Wildman–Crippen LogP) is 1.59. The van der Waals surface area contributed by atoms with Gasteiger partial charge in [-0.3, -0.25) is 9.59 Å². The molecule has 27 heavy (non-hydrogen) atoms. The monoisotopic (exact) mass is 363 g/mol. The number of benzene rings is 2. The van der Waals surface area contributed by atoms with Crippen molar-refractivity contribution in [2.45, 2.75) is 0 Å². The molecule has 1 aromatic heterocycles. The van der Waals surface area contributed by atoms with Gasteiger partial charge in [0.15, 0.2) is 11.5 Å². The van der Waals surface area contributed by atoms with E-state index in [-0.39, 0.29) is 22.9 Å². The van der Waals surface area contributed by atoms with Gasteiger partial charge >= 0.3 is 0 Å². The quantitative estimate of drug-likeness (QED) is 0.672. The molecule has 0 spiro atoms. The number of allylic oxidation sites excluding steroid dienone is 1. The van der Waals surface area contributed by atoms with Crippen LogP contribution < -0.4 is 15.2 Å². The zero-order valence-electron chi connectivity index (χ0n) is 14.1. The summed E-state index contributed by atoms with van der Waals surface area (Å²) in [6.07, 6.45) is 1.55. The molecule has 4 rings (SSSR count). The number of primary amides is 1. The van der Waals surface area contributed by atoms with E-state index in [1.807, 2.05) is 0 Å². The second kappa shape index (κ2) is 6.37. The van der Waals surface area contributed by atoms with Crippen molar-refractivity contribution >= 4 is 17.8 Å². The summed E-state index contributed by atoms with van der Waals surface area (Å²) in [4.78, 5) is 24.2. The number of aromatic amines is 1. The Labute approximate surface area is 152 Å². The number of fused-ring (bicyclic) bond motifs is 1. The van der Waals surface area contributed by atoms with E-state index in [1.54, 1.807) is 36.4 Å². The van der Waals surface area contributed by atoms with Crippen LogP contribution in [0.15, 0.2) is 42.2 Å². The molecule has 3 N–H and O–H groups in total. The van der Waals surface area contributed by atoms with Crippen LogP contribution in [0.2, 0.25) is 0 Å². The molecule has 0 radical (unpaired) electrons. The van der Waals surface area contributed by atoms with E-state index in [0.717, 1.165) is 0 Å². The first-order valence-electron chi connectivity index (χ1n) is 7.87. The summed E-state index contributed by atoms with van der Waals surface area (Å²) in [7, 11) is 1.51. The van der Waals surface area contributed by atoms with Gasteiger partial charge in [0.2, 0.25) is 11.6 Å². The van der Waals surface area contributed by atoms with E-state index >= 15 is 0 Å². The zero-order valence-corrected chi connectivity index (χ0v) is 14.1. The second-order valence-corrected chi connectivity index (χ2v) is 5.68. The summed E-state index contributed by atoms with van der Waals surface area (Å²) in [5, 5.41) is 13.7. The molecule has 1 aliphatic heterocycles. The molecule has 0 saturated carbocycles. The molecular formula is C18H13N5O4. The number of aromatic nitrogens is 4. The van der Waals surface area contributed by atoms with Crippen molar-refractivity contribution in [3.63, 3.8) is 0 Å². The summed E-state index contributed by atoms with van der Waals surface area (Å²) in [5.74, 6) is 0.153. The van der Waals surface area contributed by atoms with Crippen LogP contribution >= 0.6 is 0 Å². The van der Waals surface area contributed by atoms with Crippen molar-refractivity contribution in [2.24, 2.45) is 5.73 Å². The average molecular weight is 363 g/mol. The van der Waals surface area contributed by atoms with Gasteiger partial charge in [-0.05, 0) is 29.5 Å². The van der Waals surface area contributed by atoms with Crippen LogP contribution in [0.4, 0.5) is 0 Å². The van der Waals surface area contributed by atoms with E-state index in [9.17, 15) is 9.59 Å². The fraction of sp³-hybridized carbons (Fsp3) is 0.0556. The van der Waals surface area contributed by atoms with Crippen molar-refractivity contribution in [1.29, 1.82) is 0 Å². The molecule has 0 saturated heterocycles. The number of nitrogens with one attached hydrogen (secondary N) is 1. The molecule has 1 amide bonds. The topological polar surface area (TPSA) is 133 Å². The lowest BCUT2D eigenvalue weighted by atomic mass is 10.0. The van der Waals surface area contributed by atoms with Crippen LogP contribution in [0.3, 0.4) is 0 Å². The minimum Gasteiger partial charge on any atom is -0.496 e. The minimum absolute atomic E-state index is 0.0734. The number of ketones is 1. The molecule has 0 atom stereocenters. The number of rotatable bonds is 4. The highest BCUT2D eigenvalue weighted by Gasteiger charge is 2.31. The Kier molecular flexibility index (Phi) is 3.88. The number of Topliss-reactive ketones (excluding diaryl/α,β-unsaturated/α-hetero) is 1. The lowest BCUT2D eigenvalue weighted by molar-refractivity contribution is 0.0991. The molecule has 2 aromatic carbocycles. The SMILES string of the molecule is COc1cc(-c2nn[nH]n2)ccc1/C=C1\Oc2c(C(N)=O)cccc2C1=O. The largest absolute Gasteiger partial charge is 0.496 e. The Bertz CT molecular complexity index is 1090. The van der Waals surface area contributed by atoms with Crippen molar-refractivity contribution in [1.82, 2.24) is 20.6 Å². The summed E-state index contributed by atoms with van der Waals surface area (Å²) in [6.45, 7) is 0. The highest BCUT2D eigenvalue weighted by molar-refractivity contribution is 6.16. The smallest absolute Gasteiger partial charge is 0.252 e. The Morgan fingerprint density at radius 3 is 2.85 bits per heavy atom. The summed E-state index contributed by atoms with van der Waals surface area (Å²) < 4.78 is 11.0. The average Bonchev–Trinajstić information content (AvgIpc) is 3.31. The van der Waals surface area contributed by atoms with Crippen LogP contribution in [0, 0.1) is 0 Å². The molecule has 0 aliphatic carbocycles. The van der Waals surface area contributed by atoms with E-state index in [2.05, 4.69) is 20.6 Å². The number of methoxy groups -OCH3 is 1. The molecular weight excluding hydrogens is 350 g/mol. The van der Waals surface area contributed by atoms with Crippen LogP contribution in [-0.2, 0) is 0 Å². The highest BCUT2D eigenvalue weighted by atomic mass is 16.5. The van der Waals surface area contributed by atoms with Crippen molar-refractivity contribution in [2.75, 3.05) is 7.11 Å². The van der Waals surface area contributed by atoms with Gasteiger partial charge in [-0.15, -0.1) is 10.2 Å². The van der Waals surface area contributed by atoms with Gasteiger partial charge in [0.05, 0.1) is 18.2 Å². The van der Waals surface area contributed by atoms with E-state index < -0.39 is 5.91 Å². The maximum absolute atomic E-state index is 12.6. The number of hydrogen-bond acceptors (Lipinski definition) is 7. The van der Waals surface area contributed by atoms with Crippen molar-refractivity contribution in [3.8, 4) is 22.9 Å². The Balaban J connectivity index is 1.73. The number of carbonyl (C=O) groups excluding carboxylic acids is 2. The lowest BCUT2D eigenvalue weighted by Crippen LogP contribution is -2.11. The molecule has 0 bridgehead atoms. The van der Waals surface area contributed by atoms with Crippen molar-refractivity contribution < 1.29 is 19.1 Å². The van der Waals surface area contributed by atoms with Gasteiger partial charge in [-0.1, -0.05) is 18.2 Å². The van der Waals surface area contributed by atoms with Gasteiger partial charge in [-0.2, -0.15) is 5.21 Å². The fourth-order valence-corrected chi connectivity index (χ4v) is 2.80. The first kappa shape index (κ1) is 16.5. The van der Waals surface area contributed by atoms with E-state index in [1.165, 1.54) is 13.2 Å². The van der Waals surface area contributed by atoms with Crippen LogP contribution in [0.1, 0.15) is 26.3 Å². The Hall–Kier alpha value is -4.01. The normalized spacial score (nSPS) is 14.1. The van der Waals surface area contributed by atoms with Gasteiger partial charge in [0.25, 0.3) is 5.91 Å². The Morgan fingerprint density at radius 1 is 1.30 bits per heavy atom. The standard InChI is InChI=1S/C18H13N5O4/c1-26-13-8-10(18-20-22-23-21-18)6-5-9(13)7-14-15(24)11-3-2-4-12(17(19)25)16(11)27-14/h2-8H,1H3,(H2,19,25)(H,20,21,22,23)/b14-7-. The summed E-state index contributed by atoms with van der Waals surface area (Å²) >= 11 is 0. The van der Waals surface area contributed by atoms with Gasteiger partial charge in [0, 0.05) is 11.1 Å². The summed E-state index contributed by atoms with van der Waals surface area (Å²) in [5.41, 5.74) is 7.11. The second-order valence-electron chi connectivity index (χ2n) is 5.68. The molecule has 1 aliphatic rings. The maximum atomic E-state index is 12.6. The number of nitrogens with two attached hydrogens (primary N) is 1. The minimum atomic E-state index is -0.664. The third-order valence-electron chi connectivity index (χ3n) is 4.08. The first-order chi connectivity index (χ1) is 13.1. The molecule has 9 heteroatoms. The van der Waals surface area contributed by atoms with Crippen LogP contribution in [-0.4, -0.2) is 39.4 Å². The summed E-state index contributed by atoms with van der Waals surface area (Å²) in [6, 6.07) is 9.91. The number of tetrazole rings is 1. The van der Waals surface area contributed by atoms with Crippen LogP contribution in [0.25, 0.3) is 17.5 Å². The van der Waals surface area contributed by atoms with E-state index in [0.29, 0.717) is 28.3 Å². The van der Waals surface area contributed by atoms with Crippen molar-refractivity contribution in [3.05, 3.63) is 58.8 Å². The Morgan fingerprint density at radius 2 is 2.15 bits per heavy atom. The maximum Gasteiger partial charge on any atom is 0.252 e. The molecule has 2 heterocycles. The van der Waals surface area contributed by atoms with E-state index in [4.69, 9.17) is 15.2 Å². The number of hydrogen-bond donors (Lipinski definition) is 2. The van der Waals surface area contributed by atoms with Gasteiger partial charge in [0.1, 0.15) is 5.75 Å². The number of H-pyrrole nitrogens is 1. The fourth-order valence-electron chi connectivity index (χ4n) is 2.80. The van der Waals surface area contributed by atoms with Gasteiger partial charge < -0.3 is 15.2 Å². The molecule has 134 valence electrons. The number of ether oxygens (including phenoxy) is 2. The molecule has 9 nitrogen and oxygen atoms in total. The molecule has 0 fully saturated rings. The first-order valence-corrected chi connectivity index (χ1v) is 7.87. The number of carbonyl (C=O) groups is 2.